The molecule has 1 fully saturated rings. The Morgan fingerprint density at radius 1 is 1.03 bits per heavy atom. The molecule has 0 radical (unpaired) electrons. The summed E-state index contributed by atoms with van der Waals surface area (Å²) in [5.41, 5.74) is 2.97. The fourth-order valence-corrected chi connectivity index (χ4v) is 3.66. The molecule has 0 atom stereocenters. The van der Waals surface area contributed by atoms with E-state index in [1.54, 1.807) is 32.4 Å². The lowest BCUT2D eigenvalue weighted by molar-refractivity contribution is -0.127. The number of carbonyl (C=O) groups excluding carboxylic acids is 1. The topological polar surface area (TPSA) is 80.9 Å². The molecule has 1 aliphatic heterocycles. The molecular formula is C25H28N4O4. The summed E-state index contributed by atoms with van der Waals surface area (Å²) in [6.45, 7) is 5.39. The molecule has 0 spiro atoms. The fourth-order valence-electron chi connectivity index (χ4n) is 3.66. The average molecular weight is 449 g/mol. The molecule has 0 bridgehead atoms. The first kappa shape index (κ1) is 22.5. The van der Waals surface area contributed by atoms with Crippen LogP contribution in [0.2, 0.25) is 0 Å². The maximum Gasteiger partial charge on any atom is 0.246 e. The van der Waals surface area contributed by atoms with Gasteiger partial charge >= 0.3 is 0 Å². The molecule has 8 nitrogen and oxygen atoms in total. The highest BCUT2D eigenvalue weighted by Gasteiger charge is 2.21. The Kier molecular flexibility index (Phi) is 7.04. The van der Waals surface area contributed by atoms with Crippen LogP contribution < -0.4 is 9.47 Å². The molecule has 33 heavy (non-hydrogen) atoms. The summed E-state index contributed by atoms with van der Waals surface area (Å²) in [6, 6.07) is 13.6. The van der Waals surface area contributed by atoms with Crippen molar-refractivity contribution in [3.05, 3.63) is 65.6 Å². The van der Waals surface area contributed by atoms with E-state index in [1.807, 2.05) is 48.2 Å². The van der Waals surface area contributed by atoms with E-state index in [4.69, 9.17) is 14.0 Å². The standard InChI is InChI=1S/C25H28N4O4/c1-18-4-7-20(8-5-18)25-26-23(33-27-25)17-28-10-12-29(13-11-28)24(30)9-6-19-14-21(31-2)16-22(15-19)32-3/h4-9,14-16H,10-13,17H2,1-3H3. The molecule has 172 valence electrons. The van der Waals surface area contributed by atoms with E-state index in [2.05, 4.69) is 15.0 Å². The number of hydrogen-bond acceptors (Lipinski definition) is 7. The lowest BCUT2D eigenvalue weighted by Crippen LogP contribution is -2.47. The number of amides is 1. The number of aromatic nitrogens is 2. The van der Waals surface area contributed by atoms with Crippen molar-refractivity contribution in [1.82, 2.24) is 19.9 Å². The van der Waals surface area contributed by atoms with Crippen molar-refractivity contribution in [3.63, 3.8) is 0 Å². The van der Waals surface area contributed by atoms with Crippen LogP contribution in [-0.4, -0.2) is 66.2 Å². The summed E-state index contributed by atoms with van der Waals surface area (Å²) in [6.07, 6.45) is 3.38. The van der Waals surface area contributed by atoms with Crippen molar-refractivity contribution in [2.24, 2.45) is 0 Å². The van der Waals surface area contributed by atoms with Crippen LogP contribution >= 0.6 is 0 Å². The summed E-state index contributed by atoms with van der Waals surface area (Å²) in [4.78, 5) is 21.2. The first-order valence-corrected chi connectivity index (χ1v) is 10.9. The van der Waals surface area contributed by atoms with Gasteiger partial charge in [0.25, 0.3) is 0 Å². The second-order valence-electron chi connectivity index (χ2n) is 7.96. The zero-order valence-corrected chi connectivity index (χ0v) is 19.2. The van der Waals surface area contributed by atoms with Gasteiger partial charge in [0, 0.05) is 43.9 Å². The largest absolute Gasteiger partial charge is 0.497 e. The van der Waals surface area contributed by atoms with E-state index >= 15 is 0 Å². The van der Waals surface area contributed by atoms with Crippen LogP contribution in [0.3, 0.4) is 0 Å². The van der Waals surface area contributed by atoms with Crippen LogP contribution in [0, 0.1) is 6.92 Å². The second-order valence-corrected chi connectivity index (χ2v) is 7.96. The van der Waals surface area contributed by atoms with Gasteiger partial charge in [-0.2, -0.15) is 4.98 Å². The zero-order valence-electron chi connectivity index (χ0n) is 19.2. The van der Waals surface area contributed by atoms with E-state index in [0.29, 0.717) is 42.8 Å². The SMILES string of the molecule is COc1cc(C=CC(=O)N2CCN(Cc3nc(-c4ccc(C)cc4)no3)CC2)cc(OC)c1. The van der Waals surface area contributed by atoms with Gasteiger partial charge in [0.05, 0.1) is 20.8 Å². The van der Waals surface area contributed by atoms with Gasteiger partial charge in [0.2, 0.25) is 17.6 Å². The molecule has 2 heterocycles. The van der Waals surface area contributed by atoms with Gasteiger partial charge in [0.15, 0.2) is 0 Å². The molecule has 0 aliphatic carbocycles. The summed E-state index contributed by atoms with van der Waals surface area (Å²) in [5, 5.41) is 4.10. The van der Waals surface area contributed by atoms with E-state index in [0.717, 1.165) is 24.2 Å². The second kappa shape index (κ2) is 10.3. The van der Waals surface area contributed by atoms with Crippen molar-refractivity contribution < 1.29 is 18.8 Å². The molecule has 0 N–H and O–H groups in total. The average Bonchev–Trinajstić information content (AvgIpc) is 3.31. The molecule has 4 rings (SSSR count). The van der Waals surface area contributed by atoms with Gasteiger partial charge in [-0.05, 0) is 30.7 Å². The molecule has 0 saturated carbocycles. The summed E-state index contributed by atoms with van der Waals surface area (Å²) in [5.74, 6) is 2.52. The van der Waals surface area contributed by atoms with Crippen molar-refractivity contribution >= 4 is 12.0 Å². The Bertz CT molecular complexity index is 1090. The van der Waals surface area contributed by atoms with E-state index in [9.17, 15) is 4.79 Å². The van der Waals surface area contributed by atoms with Crippen molar-refractivity contribution in [3.8, 4) is 22.9 Å². The highest BCUT2D eigenvalue weighted by molar-refractivity contribution is 5.92. The summed E-state index contributed by atoms with van der Waals surface area (Å²) >= 11 is 0. The van der Waals surface area contributed by atoms with Crippen LogP contribution in [0.15, 0.2) is 53.1 Å². The van der Waals surface area contributed by atoms with Crippen molar-refractivity contribution in [1.29, 1.82) is 0 Å². The molecule has 1 aliphatic rings. The van der Waals surface area contributed by atoms with Gasteiger partial charge in [-0.25, -0.2) is 0 Å². The number of hydrogen-bond donors (Lipinski definition) is 0. The lowest BCUT2D eigenvalue weighted by Gasteiger charge is -2.33. The van der Waals surface area contributed by atoms with Gasteiger partial charge in [0.1, 0.15) is 11.5 Å². The third-order valence-electron chi connectivity index (χ3n) is 5.61. The fraction of sp³-hybridized carbons (Fsp3) is 0.320. The minimum atomic E-state index is -0.0177. The normalized spacial score (nSPS) is 14.6. The first-order valence-electron chi connectivity index (χ1n) is 10.9. The van der Waals surface area contributed by atoms with Crippen LogP contribution in [0.5, 0.6) is 11.5 Å². The number of rotatable bonds is 7. The smallest absolute Gasteiger partial charge is 0.246 e. The minimum Gasteiger partial charge on any atom is -0.497 e. The monoisotopic (exact) mass is 448 g/mol. The first-order chi connectivity index (χ1) is 16.0. The van der Waals surface area contributed by atoms with Crippen LogP contribution in [-0.2, 0) is 11.3 Å². The summed E-state index contributed by atoms with van der Waals surface area (Å²) < 4.78 is 16.0. The molecule has 3 aromatic rings. The Morgan fingerprint density at radius 3 is 2.33 bits per heavy atom. The van der Waals surface area contributed by atoms with Crippen LogP contribution in [0.1, 0.15) is 17.0 Å². The van der Waals surface area contributed by atoms with Gasteiger partial charge in [-0.1, -0.05) is 35.0 Å². The molecule has 0 unspecified atom stereocenters. The molecule has 1 saturated heterocycles. The number of ether oxygens (including phenoxy) is 2. The van der Waals surface area contributed by atoms with Crippen molar-refractivity contribution in [2.75, 3.05) is 40.4 Å². The van der Waals surface area contributed by atoms with Crippen LogP contribution in [0.25, 0.3) is 17.5 Å². The Hall–Kier alpha value is -3.65. The number of nitrogens with zero attached hydrogens (tertiary/aromatic N) is 4. The third-order valence-corrected chi connectivity index (χ3v) is 5.61. The van der Waals surface area contributed by atoms with Crippen LogP contribution in [0.4, 0.5) is 0 Å². The minimum absolute atomic E-state index is 0.0177. The predicted octanol–water partition coefficient (Wildman–Crippen LogP) is 3.42. The number of piperazine rings is 1. The zero-order chi connectivity index (χ0) is 23.2. The Morgan fingerprint density at radius 2 is 1.70 bits per heavy atom. The molecule has 1 amide bonds. The van der Waals surface area contributed by atoms with Gasteiger partial charge in [-0.3, -0.25) is 9.69 Å². The summed E-state index contributed by atoms with van der Waals surface area (Å²) in [7, 11) is 3.20. The Labute approximate surface area is 193 Å². The van der Waals surface area contributed by atoms with Crippen molar-refractivity contribution in [2.45, 2.75) is 13.5 Å². The Balaban J connectivity index is 1.29. The quantitative estimate of drug-likeness (QED) is 0.512. The predicted molar refractivity (Wildman–Crippen MR) is 125 cm³/mol. The molecule has 8 heteroatoms. The highest BCUT2D eigenvalue weighted by Crippen LogP contribution is 2.23. The lowest BCUT2D eigenvalue weighted by atomic mass is 10.1. The van der Waals surface area contributed by atoms with E-state index in [1.165, 1.54) is 5.56 Å². The molecule has 1 aromatic heterocycles. The molecule has 2 aromatic carbocycles. The number of carbonyl (C=O) groups is 1. The third kappa shape index (κ3) is 5.78. The van der Waals surface area contributed by atoms with Gasteiger partial charge in [-0.15, -0.1) is 0 Å². The number of methoxy groups -OCH3 is 2. The maximum absolute atomic E-state index is 12.6. The number of aryl methyl sites for hydroxylation is 1. The van der Waals surface area contributed by atoms with Gasteiger partial charge < -0.3 is 18.9 Å². The highest BCUT2D eigenvalue weighted by atomic mass is 16.5. The maximum atomic E-state index is 12.6. The van der Waals surface area contributed by atoms with E-state index in [-0.39, 0.29) is 5.91 Å². The van der Waals surface area contributed by atoms with E-state index < -0.39 is 0 Å². The molecular weight excluding hydrogens is 420 g/mol. The number of benzene rings is 2.